The van der Waals surface area contributed by atoms with Crippen LogP contribution in [0.15, 0.2) is 64.7 Å². The van der Waals surface area contributed by atoms with Gasteiger partial charge in [0.05, 0.1) is 0 Å². The highest BCUT2D eigenvalue weighted by Crippen LogP contribution is 2.29. The summed E-state index contributed by atoms with van der Waals surface area (Å²) in [6.07, 6.45) is 0. The summed E-state index contributed by atoms with van der Waals surface area (Å²) in [5.74, 6) is -0.0301. The topological polar surface area (TPSA) is 80.3 Å². The van der Waals surface area contributed by atoms with E-state index in [0.717, 1.165) is 16.1 Å². The zero-order valence-electron chi connectivity index (χ0n) is 12.5. The van der Waals surface area contributed by atoms with Crippen molar-refractivity contribution < 1.29 is 9.53 Å². The highest BCUT2D eigenvalue weighted by atomic mass is 35.5. The van der Waals surface area contributed by atoms with E-state index in [0.29, 0.717) is 10.9 Å². The van der Waals surface area contributed by atoms with E-state index in [-0.39, 0.29) is 11.9 Å². The van der Waals surface area contributed by atoms with Crippen molar-refractivity contribution in [2.75, 3.05) is 0 Å². The van der Waals surface area contributed by atoms with Crippen LogP contribution < -0.4 is 5.73 Å². The monoisotopic (exact) mass is 340 g/mol. The van der Waals surface area contributed by atoms with E-state index in [1.54, 1.807) is 24.3 Å². The van der Waals surface area contributed by atoms with Crippen LogP contribution in [0.2, 0.25) is 5.02 Å². The first-order valence-electron chi connectivity index (χ1n) is 7.38. The lowest BCUT2D eigenvalue weighted by molar-refractivity contribution is -0.130. The van der Waals surface area contributed by atoms with Crippen LogP contribution >= 0.6 is 11.6 Å². The molecule has 2 aliphatic heterocycles. The molecule has 2 aliphatic rings. The van der Waals surface area contributed by atoms with Gasteiger partial charge in [0.2, 0.25) is 5.90 Å². The summed E-state index contributed by atoms with van der Waals surface area (Å²) in [6.45, 7) is 0. The maximum Gasteiger partial charge on any atom is 0.323 e. The molecule has 2 N–H and O–H groups in total. The third-order valence-corrected chi connectivity index (χ3v) is 4.13. The number of fused-ring (bicyclic) bond motifs is 1. The first-order valence-corrected chi connectivity index (χ1v) is 7.76. The fourth-order valence-corrected chi connectivity index (χ4v) is 2.75. The third-order valence-electron chi connectivity index (χ3n) is 3.88. The summed E-state index contributed by atoms with van der Waals surface area (Å²) in [6, 6.07) is 15.2. The molecule has 0 saturated carbocycles. The normalized spacial score (nSPS) is 22.6. The van der Waals surface area contributed by atoms with E-state index in [2.05, 4.69) is 10.1 Å². The van der Waals surface area contributed by atoms with Gasteiger partial charge < -0.3 is 10.5 Å². The molecule has 0 aliphatic carbocycles. The second kappa shape index (κ2) is 5.74. The summed E-state index contributed by atoms with van der Waals surface area (Å²) in [7, 11) is 0. The standard InChI is InChI=1S/C17H13ClN4O2/c18-12-8-6-10(7-9-12)14-13(19)16(23)22-17(20-14)24-15(21-22)11-4-2-1-3-5-11/h1-9,13-14H,19H2/t13-,14+/m0/s1. The number of hydrazone groups is 1. The van der Waals surface area contributed by atoms with Gasteiger partial charge in [-0.2, -0.15) is 0 Å². The molecule has 2 heterocycles. The molecule has 7 heteroatoms. The molecule has 0 spiro atoms. The average Bonchev–Trinajstić information content (AvgIpc) is 3.04. The van der Waals surface area contributed by atoms with Gasteiger partial charge in [0.25, 0.3) is 5.91 Å². The highest BCUT2D eigenvalue weighted by Gasteiger charge is 2.42. The first kappa shape index (κ1) is 14.9. The van der Waals surface area contributed by atoms with Crippen LogP contribution in [0.4, 0.5) is 0 Å². The molecular weight excluding hydrogens is 328 g/mol. The second-order valence-corrected chi connectivity index (χ2v) is 5.89. The zero-order chi connectivity index (χ0) is 16.7. The lowest BCUT2D eigenvalue weighted by Gasteiger charge is -2.27. The molecule has 0 radical (unpaired) electrons. The second-order valence-electron chi connectivity index (χ2n) is 5.46. The largest absolute Gasteiger partial charge is 0.403 e. The Balaban J connectivity index is 1.69. The van der Waals surface area contributed by atoms with Gasteiger partial charge in [0.1, 0.15) is 12.1 Å². The summed E-state index contributed by atoms with van der Waals surface area (Å²) in [4.78, 5) is 17.0. The Bertz CT molecular complexity index is 849. The highest BCUT2D eigenvalue weighted by molar-refractivity contribution is 6.30. The van der Waals surface area contributed by atoms with Gasteiger partial charge >= 0.3 is 6.02 Å². The molecule has 1 amide bonds. The summed E-state index contributed by atoms with van der Waals surface area (Å²) >= 11 is 5.91. The van der Waals surface area contributed by atoms with E-state index in [1.807, 2.05) is 30.3 Å². The van der Waals surface area contributed by atoms with Crippen LogP contribution in [0.3, 0.4) is 0 Å². The molecule has 120 valence electrons. The number of benzene rings is 2. The average molecular weight is 341 g/mol. The van der Waals surface area contributed by atoms with Crippen LogP contribution in [0.1, 0.15) is 17.2 Å². The first-order chi connectivity index (χ1) is 11.6. The Morgan fingerprint density at radius 2 is 1.79 bits per heavy atom. The number of hydrogen-bond donors (Lipinski definition) is 1. The van der Waals surface area contributed by atoms with Gasteiger partial charge in [-0.3, -0.25) is 4.79 Å². The van der Waals surface area contributed by atoms with Gasteiger partial charge in [-0.05, 0) is 29.8 Å². The number of hydrogen-bond acceptors (Lipinski definition) is 5. The van der Waals surface area contributed by atoms with Gasteiger partial charge in [-0.1, -0.05) is 41.9 Å². The predicted molar refractivity (Wildman–Crippen MR) is 90.5 cm³/mol. The number of carbonyl (C=O) groups excluding carboxylic acids is 1. The molecule has 2 atom stereocenters. The molecule has 0 aromatic heterocycles. The van der Waals surface area contributed by atoms with Crippen LogP contribution in [-0.2, 0) is 9.53 Å². The van der Waals surface area contributed by atoms with Gasteiger partial charge in [0, 0.05) is 10.6 Å². The number of aliphatic imine (C=N–C) groups is 1. The molecule has 0 bridgehead atoms. The van der Waals surface area contributed by atoms with E-state index >= 15 is 0 Å². The molecule has 2 aromatic rings. The van der Waals surface area contributed by atoms with Crippen molar-refractivity contribution >= 4 is 29.4 Å². The summed E-state index contributed by atoms with van der Waals surface area (Å²) in [5.41, 5.74) is 7.64. The summed E-state index contributed by atoms with van der Waals surface area (Å²) in [5, 5.41) is 5.93. The quantitative estimate of drug-likeness (QED) is 0.910. The number of ether oxygens (including phenoxy) is 1. The van der Waals surface area contributed by atoms with Crippen LogP contribution in [0, 0.1) is 0 Å². The van der Waals surface area contributed by atoms with Gasteiger partial charge in [0.15, 0.2) is 0 Å². The number of halogens is 1. The van der Waals surface area contributed by atoms with Crippen LogP contribution in [0.5, 0.6) is 0 Å². The molecule has 0 unspecified atom stereocenters. The lowest BCUT2D eigenvalue weighted by atomic mass is 9.99. The Hall–Kier alpha value is -2.70. The lowest BCUT2D eigenvalue weighted by Crippen LogP contribution is -2.49. The smallest absolute Gasteiger partial charge is 0.323 e. The van der Waals surface area contributed by atoms with E-state index in [9.17, 15) is 4.79 Å². The Morgan fingerprint density at radius 1 is 1.08 bits per heavy atom. The van der Waals surface area contributed by atoms with Gasteiger partial charge in [-0.25, -0.2) is 4.99 Å². The fraction of sp³-hybridized carbons (Fsp3) is 0.118. The Kier molecular flexibility index (Phi) is 3.55. The minimum Gasteiger partial charge on any atom is -0.403 e. The van der Waals surface area contributed by atoms with Crippen molar-refractivity contribution in [3.05, 3.63) is 70.7 Å². The number of amides is 1. The number of amidine groups is 1. The molecule has 4 rings (SSSR count). The molecule has 2 aromatic carbocycles. The third kappa shape index (κ3) is 2.46. The van der Waals surface area contributed by atoms with Crippen molar-refractivity contribution in [3.8, 4) is 0 Å². The van der Waals surface area contributed by atoms with Crippen molar-refractivity contribution in [2.45, 2.75) is 12.1 Å². The minimum absolute atomic E-state index is 0.139. The molecule has 0 fully saturated rings. The Labute approximate surface area is 143 Å². The zero-order valence-corrected chi connectivity index (χ0v) is 13.2. The van der Waals surface area contributed by atoms with Crippen molar-refractivity contribution in [1.82, 2.24) is 5.01 Å². The SMILES string of the molecule is N[C@@H]1C(=O)N2N=C(c3ccccc3)OC2=N[C@@H]1c1ccc(Cl)cc1. The number of nitrogens with two attached hydrogens (primary N) is 1. The minimum atomic E-state index is -0.836. The maximum atomic E-state index is 12.5. The van der Waals surface area contributed by atoms with Crippen LogP contribution in [0.25, 0.3) is 0 Å². The Morgan fingerprint density at radius 3 is 2.50 bits per heavy atom. The van der Waals surface area contributed by atoms with Crippen molar-refractivity contribution in [1.29, 1.82) is 0 Å². The molecule has 24 heavy (non-hydrogen) atoms. The molecule has 0 saturated heterocycles. The van der Waals surface area contributed by atoms with Crippen molar-refractivity contribution in [3.63, 3.8) is 0 Å². The van der Waals surface area contributed by atoms with E-state index < -0.39 is 12.1 Å². The predicted octanol–water partition coefficient (Wildman–Crippen LogP) is 2.30. The maximum absolute atomic E-state index is 12.5. The van der Waals surface area contributed by atoms with E-state index in [4.69, 9.17) is 22.1 Å². The van der Waals surface area contributed by atoms with Gasteiger partial charge in [-0.15, -0.1) is 10.1 Å². The molecule has 6 nitrogen and oxygen atoms in total. The molecular formula is C17H13ClN4O2. The number of carbonyl (C=O) groups is 1. The fourth-order valence-electron chi connectivity index (χ4n) is 2.62. The van der Waals surface area contributed by atoms with E-state index in [1.165, 1.54) is 0 Å². The number of nitrogens with zero attached hydrogens (tertiary/aromatic N) is 3. The summed E-state index contributed by atoms with van der Waals surface area (Å²) < 4.78 is 5.67. The van der Waals surface area contributed by atoms with Crippen LogP contribution in [-0.4, -0.2) is 28.9 Å². The number of rotatable bonds is 2. The van der Waals surface area contributed by atoms with Crippen molar-refractivity contribution in [2.24, 2.45) is 15.8 Å².